The van der Waals surface area contributed by atoms with E-state index in [1.54, 1.807) is 0 Å². The summed E-state index contributed by atoms with van der Waals surface area (Å²) in [6, 6.07) is 0. The van der Waals surface area contributed by atoms with Crippen LogP contribution in [0, 0.1) is 0 Å². The Hall–Kier alpha value is 1.61. The van der Waals surface area contributed by atoms with E-state index in [2.05, 4.69) is 13.8 Å². The van der Waals surface area contributed by atoms with Crippen molar-refractivity contribution in [2.24, 2.45) is 0 Å². The molecule has 0 radical (unpaired) electrons. The summed E-state index contributed by atoms with van der Waals surface area (Å²) >= 11 is 10.8. The molecule has 0 aromatic rings. The molecule has 0 heterocycles. The average molecular weight is 590 g/mol. The van der Waals surface area contributed by atoms with E-state index in [0.717, 1.165) is 12.8 Å². The van der Waals surface area contributed by atoms with Gasteiger partial charge in [-0.15, -0.1) is 0 Å². The predicted octanol–water partition coefficient (Wildman–Crippen LogP) is 10.4. The smallest absolute Gasteiger partial charge is 0.0563 e. The quantitative estimate of drug-likeness (QED) is 0.0432. The summed E-state index contributed by atoms with van der Waals surface area (Å²) in [6.45, 7) is 5.91. The van der Waals surface area contributed by atoms with Crippen molar-refractivity contribution < 1.29 is 30.1 Å². The van der Waals surface area contributed by atoms with Crippen LogP contribution in [0.1, 0.15) is 155 Å². The molecule has 0 saturated heterocycles. The second-order valence-corrected chi connectivity index (χ2v) is 14.2. The normalized spacial score (nSPS) is 11.6. The van der Waals surface area contributed by atoms with Crippen molar-refractivity contribution in [3.8, 4) is 0 Å². The van der Waals surface area contributed by atoms with Gasteiger partial charge in [-0.25, -0.2) is 0 Å². The first-order valence-corrected chi connectivity index (χ1v) is 17.4. The molecule has 6 heteroatoms. The molecule has 32 heavy (non-hydrogen) atoms. The Morgan fingerprint density at radius 3 is 0.938 bits per heavy atom. The molecule has 0 aliphatic rings. The first kappa shape index (κ1) is 35.8. The Bertz CT molecular complexity index is 368. The topological polar surface area (TPSA) is 18.5 Å². The second-order valence-electron chi connectivity index (χ2n) is 9.18. The van der Waals surface area contributed by atoms with Crippen molar-refractivity contribution in [3.63, 3.8) is 0 Å². The van der Waals surface area contributed by atoms with Crippen molar-refractivity contribution in [1.29, 1.82) is 0 Å². The van der Waals surface area contributed by atoms with Gasteiger partial charge in [0.15, 0.2) is 0 Å². The van der Waals surface area contributed by atoms with Crippen LogP contribution in [0.25, 0.3) is 0 Å². The Morgan fingerprint density at radius 1 is 0.469 bits per heavy atom. The zero-order chi connectivity index (χ0) is 22.9. The van der Waals surface area contributed by atoms with Crippen molar-refractivity contribution in [2.75, 3.05) is 13.2 Å². The van der Waals surface area contributed by atoms with Crippen LogP contribution in [0.2, 0.25) is 0 Å². The maximum Gasteiger partial charge on any atom is 0.0563 e. The predicted molar refractivity (Wildman–Crippen MR) is 146 cm³/mol. The molecule has 0 aromatic heterocycles. The average Bonchev–Trinajstić information content (AvgIpc) is 2.75. The van der Waals surface area contributed by atoms with E-state index in [1.807, 2.05) is 0 Å². The molecule has 0 aliphatic carbocycles. The zero-order valence-electron chi connectivity index (χ0n) is 21.5. The Balaban J connectivity index is 0. The molecule has 0 aromatic carbocycles. The summed E-state index contributed by atoms with van der Waals surface area (Å²) in [5.41, 5.74) is -2.44. The summed E-state index contributed by atoms with van der Waals surface area (Å²) in [5, 5.41) is 0. The van der Waals surface area contributed by atoms with Gasteiger partial charge >= 0.3 is 0 Å². The van der Waals surface area contributed by atoms with Crippen molar-refractivity contribution >= 4 is 29.7 Å². The van der Waals surface area contributed by atoms with E-state index in [9.17, 15) is 0 Å². The standard InChI is InChI=1S/C26H55O2PS2.Mo/c1-3-5-7-9-11-13-15-17-19-21-23-25-27-29(30,31)28-26-24-22-20-18-16-14-12-10-8-6-4-2;/h3-26H2,1-2H3,(H,30,31);/p-1. The van der Waals surface area contributed by atoms with Crippen molar-refractivity contribution in [3.05, 3.63) is 0 Å². The molecule has 0 N–H and O–H groups in total. The fraction of sp³-hybridized carbons (Fsp3) is 1.00. The van der Waals surface area contributed by atoms with Gasteiger partial charge in [-0.2, -0.15) is 0 Å². The molecule has 0 spiro atoms. The van der Waals surface area contributed by atoms with E-state index < -0.39 is 5.69 Å². The molecule has 0 atom stereocenters. The van der Waals surface area contributed by atoms with Crippen LogP contribution in [0.4, 0.5) is 0 Å². The minimum atomic E-state index is -2.44. The molecule has 0 bridgehead atoms. The molecule has 0 rings (SSSR count). The third kappa shape index (κ3) is 29.6. The summed E-state index contributed by atoms with van der Waals surface area (Å²) in [4.78, 5) is 0. The summed E-state index contributed by atoms with van der Waals surface area (Å²) < 4.78 is 11.5. The molecule has 0 aliphatic heterocycles. The minimum absolute atomic E-state index is 0. The van der Waals surface area contributed by atoms with Crippen LogP contribution < -0.4 is 0 Å². The van der Waals surface area contributed by atoms with Gasteiger partial charge in [-0.3, -0.25) is 0 Å². The maximum atomic E-state index is 5.73. The molecule has 2 nitrogen and oxygen atoms in total. The number of unbranched alkanes of at least 4 members (excludes halogenated alkanes) is 20. The van der Waals surface area contributed by atoms with Gasteiger partial charge < -0.3 is 21.3 Å². The summed E-state index contributed by atoms with van der Waals surface area (Å²) in [5.74, 6) is 0. The summed E-state index contributed by atoms with van der Waals surface area (Å²) in [7, 11) is 0. The van der Waals surface area contributed by atoms with Crippen LogP contribution in [-0.4, -0.2) is 13.2 Å². The van der Waals surface area contributed by atoms with Crippen molar-refractivity contribution in [1.82, 2.24) is 0 Å². The third-order valence-corrected chi connectivity index (χ3v) is 8.26. The van der Waals surface area contributed by atoms with E-state index in [4.69, 9.17) is 33.1 Å². The fourth-order valence-corrected chi connectivity index (χ4v) is 5.60. The van der Waals surface area contributed by atoms with Crippen LogP contribution in [0.3, 0.4) is 0 Å². The third-order valence-electron chi connectivity index (χ3n) is 5.99. The Morgan fingerprint density at radius 2 is 0.688 bits per heavy atom. The largest absolute Gasteiger partial charge is 0.691 e. The van der Waals surface area contributed by atoms with Gasteiger partial charge in [0.25, 0.3) is 0 Å². The number of hydrogen-bond acceptors (Lipinski definition) is 4. The van der Waals surface area contributed by atoms with E-state index in [1.165, 1.54) is 128 Å². The zero-order valence-corrected chi connectivity index (χ0v) is 26.0. The van der Waals surface area contributed by atoms with Gasteiger partial charge in [-0.1, -0.05) is 154 Å². The van der Waals surface area contributed by atoms with Crippen molar-refractivity contribution in [2.45, 2.75) is 155 Å². The molecule has 0 amide bonds. The van der Waals surface area contributed by atoms with E-state index in [-0.39, 0.29) is 21.1 Å². The fourth-order valence-electron chi connectivity index (χ4n) is 3.92. The first-order valence-electron chi connectivity index (χ1n) is 13.7. The molecular weight excluding hydrogens is 535 g/mol. The Labute approximate surface area is 227 Å². The van der Waals surface area contributed by atoms with Crippen LogP contribution in [-0.2, 0) is 54.2 Å². The van der Waals surface area contributed by atoms with Crippen LogP contribution in [0.15, 0.2) is 0 Å². The molecular formula is C26H54MoO2PS2-. The Kier molecular flexibility index (Phi) is 32.2. The van der Waals surface area contributed by atoms with Crippen LogP contribution >= 0.6 is 5.69 Å². The monoisotopic (exact) mass is 591 g/mol. The maximum absolute atomic E-state index is 5.73. The SMILES string of the molecule is CCCCCCCCCCCCCOP(=S)([S-])OCCCCCCCCCCCCC.[Mo]. The van der Waals surface area contributed by atoms with Gasteiger partial charge in [0, 0.05) is 21.1 Å². The number of hydrogen-bond donors (Lipinski definition) is 0. The molecule has 0 unspecified atom stereocenters. The van der Waals surface area contributed by atoms with E-state index in [0.29, 0.717) is 13.2 Å². The van der Waals surface area contributed by atoms with Crippen LogP contribution in [0.5, 0.6) is 0 Å². The van der Waals surface area contributed by atoms with Gasteiger partial charge in [0.05, 0.1) is 18.9 Å². The van der Waals surface area contributed by atoms with Gasteiger partial charge in [0.1, 0.15) is 0 Å². The van der Waals surface area contributed by atoms with Gasteiger partial charge in [-0.05, 0) is 12.8 Å². The van der Waals surface area contributed by atoms with E-state index >= 15 is 0 Å². The first-order chi connectivity index (χ1) is 15.1. The second kappa shape index (κ2) is 28.8. The summed E-state index contributed by atoms with van der Waals surface area (Å²) in [6.07, 6.45) is 29.4. The minimum Gasteiger partial charge on any atom is -0.691 e. The number of rotatable bonds is 26. The molecule has 0 fully saturated rings. The van der Waals surface area contributed by atoms with Gasteiger partial charge in [0.2, 0.25) is 0 Å². The molecule has 0 saturated carbocycles. The molecule has 194 valence electrons.